The molecule has 0 radical (unpaired) electrons. The summed E-state index contributed by atoms with van der Waals surface area (Å²) in [6.07, 6.45) is 12.6. The molecular weight excluding hydrogens is 761 g/mol. The van der Waals surface area contributed by atoms with Gasteiger partial charge in [-0.2, -0.15) is 4.89 Å². The number of alkyl carbamates (subject to hydrolysis) is 1. The minimum absolute atomic E-state index is 0.115. The Balaban J connectivity index is 0.899. The fraction of sp³-hybridized carbons (Fsp3) is 0.348. The third kappa shape index (κ3) is 8.74. The summed E-state index contributed by atoms with van der Waals surface area (Å²) in [5, 5.41) is 2.73. The van der Waals surface area contributed by atoms with Crippen LogP contribution in [0, 0.1) is 0 Å². The van der Waals surface area contributed by atoms with E-state index >= 15 is 0 Å². The number of benzene rings is 3. The molecule has 3 aromatic carbocycles. The van der Waals surface area contributed by atoms with Crippen LogP contribution in [-0.4, -0.2) is 81.4 Å². The van der Waals surface area contributed by atoms with Gasteiger partial charge in [0.05, 0.1) is 50.1 Å². The quantitative estimate of drug-likeness (QED) is 0.0467. The number of ether oxygens (including phenoxy) is 1. The fourth-order valence-corrected chi connectivity index (χ4v) is 8.76. The highest BCUT2D eigenvalue weighted by molar-refractivity contribution is 5.87. The van der Waals surface area contributed by atoms with Gasteiger partial charge in [-0.25, -0.2) is 19.8 Å². The van der Waals surface area contributed by atoms with Crippen LogP contribution < -0.4 is 5.32 Å². The lowest BCUT2D eigenvalue weighted by Gasteiger charge is -2.28. The average molecular weight is 811 g/mol. The van der Waals surface area contributed by atoms with Gasteiger partial charge >= 0.3 is 6.09 Å². The molecule has 5 aromatic rings. The van der Waals surface area contributed by atoms with Gasteiger partial charge in [0.15, 0.2) is 6.04 Å². The highest BCUT2D eigenvalue weighted by Crippen LogP contribution is 2.39. The minimum Gasteiger partial charge on any atom is -0.453 e. The number of hydrogen-bond acceptors (Lipinski definition) is 9. The number of aromatic amines is 2. The van der Waals surface area contributed by atoms with Crippen LogP contribution in [0.4, 0.5) is 4.79 Å². The molecule has 0 saturated carbocycles. The first-order chi connectivity index (χ1) is 29.4. The number of carbonyl (C=O) groups is 3. The highest BCUT2D eigenvalue weighted by Gasteiger charge is 2.38. The monoisotopic (exact) mass is 810 g/mol. The summed E-state index contributed by atoms with van der Waals surface area (Å²) >= 11 is 0. The Morgan fingerprint density at radius 1 is 0.783 bits per heavy atom. The van der Waals surface area contributed by atoms with E-state index in [1.165, 1.54) is 31.8 Å². The van der Waals surface area contributed by atoms with E-state index < -0.39 is 18.2 Å². The number of rotatable bonds is 13. The number of allylic oxidation sites excluding steroid dienone is 2. The van der Waals surface area contributed by atoms with Crippen LogP contribution in [0.25, 0.3) is 16.8 Å². The highest BCUT2D eigenvalue weighted by atomic mass is 17.2. The van der Waals surface area contributed by atoms with Gasteiger partial charge in [-0.05, 0) is 78.7 Å². The van der Waals surface area contributed by atoms with Crippen LogP contribution in [0.2, 0.25) is 0 Å². The van der Waals surface area contributed by atoms with Crippen molar-refractivity contribution in [2.75, 3.05) is 27.3 Å². The Morgan fingerprint density at radius 3 is 2.02 bits per heavy atom. The number of hydrogen-bond donors (Lipinski definition) is 3. The van der Waals surface area contributed by atoms with Crippen LogP contribution in [0.3, 0.4) is 0 Å². The lowest BCUT2D eigenvalue weighted by molar-refractivity contribution is -0.188. The van der Waals surface area contributed by atoms with Gasteiger partial charge < -0.3 is 34.7 Å². The molecule has 2 aromatic heterocycles. The van der Waals surface area contributed by atoms with E-state index in [1.54, 1.807) is 0 Å². The first kappa shape index (κ1) is 40.2. The Labute approximate surface area is 349 Å². The number of carbonyl (C=O) groups excluding carboxylic acids is 3. The number of methoxy groups -OCH3 is 1. The van der Waals surface area contributed by atoms with Gasteiger partial charge in [0.25, 0.3) is 11.8 Å². The van der Waals surface area contributed by atoms with Gasteiger partial charge in [-0.15, -0.1) is 0 Å². The molecule has 5 atom stereocenters. The van der Waals surface area contributed by atoms with Crippen molar-refractivity contribution in [3.63, 3.8) is 0 Å². The molecule has 8 rings (SSSR count). The van der Waals surface area contributed by atoms with E-state index in [9.17, 15) is 14.4 Å². The van der Waals surface area contributed by atoms with Crippen molar-refractivity contribution in [1.82, 2.24) is 35.1 Å². The van der Waals surface area contributed by atoms with Crippen molar-refractivity contribution >= 4 is 29.9 Å². The van der Waals surface area contributed by atoms with Crippen molar-refractivity contribution in [3.8, 4) is 11.3 Å². The normalized spacial score (nSPS) is 20.2. The molecule has 60 heavy (non-hydrogen) atoms. The summed E-state index contributed by atoms with van der Waals surface area (Å²) in [7, 11) is 2.68. The Hall–Kier alpha value is -6.54. The lowest BCUT2D eigenvalue weighted by Crippen LogP contribution is -2.42. The zero-order valence-electron chi connectivity index (χ0n) is 33.8. The molecule has 2 aliphatic heterocycles. The second-order valence-corrected chi connectivity index (χ2v) is 15.4. The number of aromatic nitrogens is 4. The fourth-order valence-electron chi connectivity index (χ4n) is 8.76. The molecule has 1 unspecified atom stereocenters. The molecule has 14 nitrogen and oxygen atoms in total. The maximum absolute atomic E-state index is 13.9. The molecule has 310 valence electrons. The lowest BCUT2D eigenvalue weighted by atomic mass is 9.83. The second kappa shape index (κ2) is 18.6. The topological polar surface area (TPSA) is 167 Å². The molecule has 2 saturated heterocycles. The average Bonchev–Trinajstić information content (AvgIpc) is 4.15. The largest absolute Gasteiger partial charge is 0.453 e. The van der Waals surface area contributed by atoms with Gasteiger partial charge in [0.2, 0.25) is 6.40 Å². The predicted octanol–water partition coefficient (Wildman–Crippen LogP) is 7.92. The standard InChI is InChI=1S/C46H50N8O6/c1-58-46(57)52-41(35-13-7-4-8-14-35)45(56)54-26-10-16-39(54)43-48-28-37(51-43)33-23-19-31(20-24-33)30-17-21-32(22-18-30)36-27-47-42(50-36)38-15-9-25-53(38)44(55)40(49-29-60-59-2)34-11-5-3-6-12-34/h3-8,11-14,17-18,21-23,27-29,31,38-41H,9-10,15-16,19-20,24-26H2,1-2H3,(H,47,50)(H,48,51)(H,52,57)/t31?,38-,39-,40+,41+/m0/s1. The number of H-pyrrole nitrogens is 2. The molecule has 1 aliphatic carbocycles. The first-order valence-corrected chi connectivity index (χ1v) is 20.6. The van der Waals surface area contributed by atoms with Crippen molar-refractivity contribution in [2.45, 2.75) is 75.0 Å². The summed E-state index contributed by atoms with van der Waals surface area (Å²) < 4.78 is 4.84. The maximum Gasteiger partial charge on any atom is 0.407 e. The SMILES string of the molecule is COOC=N[C@@H](C(=O)N1CCC[C@H]1c1ncc(-c2ccc(C3CC=C(c4cnc([C@@H]5CCCN5C(=O)[C@H](NC(=O)OC)c5ccccc5)[nH]4)CC3)cc2)[nH]1)c1ccccc1. The molecule has 14 heteroatoms. The van der Waals surface area contributed by atoms with E-state index in [-0.39, 0.29) is 23.9 Å². The number of amides is 3. The summed E-state index contributed by atoms with van der Waals surface area (Å²) in [6.45, 7) is 1.19. The predicted molar refractivity (Wildman–Crippen MR) is 225 cm³/mol. The summed E-state index contributed by atoms with van der Waals surface area (Å²) in [5.41, 5.74) is 6.89. The zero-order valence-corrected chi connectivity index (χ0v) is 33.8. The van der Waals surface area contributed by atoms with Crippen LogP contribution in [-0.2, 0) is 24.1 Å². The molecule has 0 spiro atoms. The molecular formula is C46H50N8O6. The first-order valence-electron chi connectivity index (χ1n) is 20.6. The number of nitrogens with zero attached hydrogens (tertiary/aromatic N) is 5. The van der Waals surface area contributed by atoms with Gasteiger partial charge in [-0.1, -0.05) is 91.0 Å². The molecule has 0 bridgehead atoms. The Kier molecular flexibility index (Phi) is 12.5. The Morgan fingerprint density at radius 2 is 1.40 bits per heavy atom. The second-order valence-electron chi connectivity index (χ2n) is 15.4. The van der Waals surface area contributed by atoms with Crippen molar-refractivity contribution < 1.29 is 28.9 Å². The van der Waals surface area contributed by atoms with E-state index in [0.717, 1.165) is 79.1 Å². The molecule has 3 aliphatic rings. The molecule has 3 N–H and O–H groups in total. The number of imidazole rings is 2. The van der Waals surface area contributed by atoms with Crippen LogP contribution in [0.1, 0.15) is 109 Å². The molecule has 3 amide bonds. The zero-order chi connectivity index (χ0) is 41.4. The smallest absolute Gasteiger partial charge is 0.407 e. The van der Waals surface area contributed by atoms with Crippen molar-refractivity contribution in [2.24, 2.45) is 4.99 Å². The summed E-state index contributed by atoms with van der Waals surface area (Å²) in [4.78, 5) is 74.2. The van der Waals surface area contributed by atoms with Crippen LogP contribution in [0.15, 0.2) is 108 Å². The molecule has 4 heterocycles. The maximum atomic E-state index is 13.9. The van der Waals surface area contributed by atoms with Gasteiger partial charge in [0.1, 0.15) is 17.7 Å². The third-order valence-corrected chi connectivity index (χ3v) is 11.9. The Bertz CT molecular complexity index is 2310. The van der Waals surface area contributed by atoms with Crippen molar-refractivity contribution in [1.29, 1.82) is 0 Å². The van der Waals surface area contributed by atoms with E-state index in [4.69, 9.17) is 19.6 Å². The van der Waals surface area contributed by atoms with E-state index in [0.29, 0.717) is 24.6 Å². The summed E-state index contributed by atoms with van der Waals surface area (Å²) in [6, 6.07) is 25.4. The summed E-state index contributed by atoms with van der Waals surface area (Å²) in [5.74, 6) is 1.60. The molecule has 2 fully saturated rings. The van der Waals surface area contributed by atoms with Gasteiger partial charge in [0, 0.05) is 13.1 Å². The van der Waals surface area contributed by atoms with E-state index in [1.807, 2.05) is 82.9 Å². The van der Waals surface area contributed by atoms with Gasteiger partial charge in [-0.3, -0.25) is 9.59 Å². The number of aliphatic imine (C=N–C) groups is 1. The number of nitrogens with one attached hydrogen (secondary N) is 3. The number of likely N-dealkylation sites (tertiary alicyclic amines) is 2. The van der Waals surface area contributed by atoms with Crippen LogP contribution in [0.5, 0.6) is 0 Å². The minimum atomic E-state index is -0.861. The van der Waals surface area contributed by atoms with Crippen molar-refractivity contribution in [3.05, 3.63) is 137 Å². The third-order valence-electron chi connectivity index (χ3n) is 11.9. The van der Waals surface area contributed by atoms with Crippen LogP contribution >= 0.6 is 0 Å². The van der Waals surface area contributed by atoms with E-state index in [2.05, 4.69) is 55.5 Å².